The molecule has 0 aliphatic rings. The zero-order valence-corrected chi connectivity index (χ0v) is 11.4. The topological polar surface area (TPSA) is 82.5 Å². The number of likely N-dealkylation sites (N-methyl/N-ethyl adjacent to an activating group) is 1. The standard InChI is InChI=1S/C13H19N3O3/c1-9(2)16(3)7-6-14-12(17)11-5-4-10(8-15-11)13(18)19/h4-5,8-9H,6-7H2,1-3H3,(H,14,17)(H,18,19). The van der Waals surface area contributed by atoms with Crippen LogP contribution in [0.1, 0.15) is 34.7 Å². The second-order valence-corrected chi connectivity index (χ2v) is 4.57. The molecule has 1 aromatic rings. The Hall–Kier alpha value is -1.95. The van der Waals surface area contributed by atoms with Gasteiger partial charge in [-0.25, -0.2) is 4.79 Å². The van der Waals surface area contributed by atoms with Crippen LogP contribution < -0.4 is 5.32 Å². The minimum atomic E-state index is -1.06. The largest absolute Gasteiger partial charge is 0.478 e. The third-order valence-electron chi connectivity index (χ3n) is 2.87. The molecule has 0 saturated heterocycles. The highest BCUT2D eigenvalue weighted by Crippen LogP contribution is 2.00. The van der Waals surface area contributed by atoms with Crippen LogP contribution >= 0.6 is 0 Å². The first-order valence-corrected chi connectivity index (χ1v) is 6.09. The first-order chi connectivity index (χ1) is 8.91. The fraction of sp³-hybridized carbons (Fsp3) is 0.462. The lowest BCUT2D eigenvalue weighted by Gasteiger charge is -2.20. The zero-order valence-electron chi connectivity index (χ0n) is 11.4. The molecule has 0 unspecified atom stereocenters. The average molecular weight is 265 g/mol. The molecular formula is C13H19N3O3. The van der Waals surface area contributed by atoms with Crippen LogP contribution in [-0.4, -0.2) is 53.0 Å². The van der Waals surface area contributed by atoms with Crippen molar-refractivity contribution in [1.29, 1.82) is 0 Å². The quantitative estimate of drug-likeness (QED) is 0.796. The number of carboxylic acid groups (broad SMARTS) is 1. The van der Waals surface area contributed by atoms with Crippen LogP contribution in [-0.2, 0) is 0 Å². The van der Waals surface area contributed by atoms with E-state index in [0.29, 0.717) is 12.6 Å². The van der Waals surface area contributed by atoms with Crippen molar-refractivity contribution < 1.29 is 14.7 Å². The van der Waals surface area contributed by atoms with Crippen LogP contribution in [0.15, 0.2) is 18.3 Å². The van der Waals surface area contributed by atoms with Crippen molar-refractivity contribution in [2.24, 2.45) is 0 Å². The number of rotatable bonds is 6. The van der Waals surface area contributed by atoms with E-state index >= 15 is 0 Å². The molecule has 6 heteroatoms. The second-order valence-electron chi connectivity index (χ2n) is 4.57. The molecule has 1 aromatic heterocycles. The summed E-state index contributed by atoms with van der Waals surface area (Å²) in [6, 6.07) is 3.19. The van der Waals surface area contributed by atoms with Gasteiger partial charge in [0, 0.05) is 25.3 Å². The number of carboxylic acids is 1. The number of nitrogens with one attached hydrogen (secondary N) is 1. The van der Waals surface area contributed by atoms with E-state index in [9.17, 15) is 9.59 Å². The molecule has 0 bridgehead atoms. The third-order valence-corrected chi connectivity index (χ3v) is 2.87. The van der Waals surface area contributed by atoms with E-state index < -0.39 is 5.97 Å². The first-order valence-electron chi connectivity index (χ1n) is 6.09. The van der Waals surface area contributed by atoms with Gasteiger partial charge < -0.3 is 15.3 Å². The number of carbonyl (C=O) groups is 2. The van der Waals surface area contributed by atoms with Crippen LogP contribution in [0.4, 0.5) is 0 Å². The number of nitrogens with zero attached hydrogens (tertiary/aromatic N) is 2. The summed E-state index contributed by atoms with van der Waals surface area (Å²) in [5, 5.41) is 11.5. The summed E-state index contributed by atoms with van der Waals surface area (Å²) in [5.74, 6) is -1.35. The molecule has 1 amide bonds. The molecular weight excluding hydrogens is 246 g/mol. The van der Waals surface area contributed by atoms with Crippen LogP contribution in [0.25, 0.3) is 0 Å². The number of pyridine rings is 1. The van der Waals surface area contributed by atoms with Gasteiger partial charge in [-0.3, -0.25) is 9.78 Å². The van der Waals surface area contributed by atoms with Gasteiger partial charge in [0.1, 0.15) is 5.69 Å². The van der Waals surface area contributed by atoms with Gasteiger partial charge in [0.2, 0.25) is 0 Å². The van der Waals surface area contributed by atoms with Crippen LogP contribution in [0.5, 0.6) is 0 Å². The summed E-state index contributed by atoms with van der Waals surface area (Å²) >= 11 is 0. The zero-order chi connectivity index (χ0) is 14.4. The van der Waals surface area contributed by atoms with Gasteiger partial charge >= 0.3 is 5.97 Å². The highest BCUT2D eigenvalue weighted by molar-refractivity contribution is 5.93. The van der Waals surface area contributed by atoms with E-state index in [4.69, 9.17) is 5.11 Å². The molecule has 1 rings (SSSR count). The van der Waals surface area contributed by atoms with Gasteiger partial charge in [-0.05, 0) is 33.0 Å². The molecule has 0 radical (unpaired) electrons. The normalized spacial score (nSPS) is 10.8. The van der Waals surface area contributed by atoms with Crippen molar-refractivity contribution >= 4 is 11.9 Å². The Balaban J connectivity index is 2.48. The summed E-state index contributed by atoms with van der Waals surface area (Å²) in [5.41, 5.74) is 0.285. The van der Waals surface area contributed by atoms with E-state index in [2.05, 4.69) is 29.0 Å². The Morgan fingerprint density at radius 2 is 2.11 bits per heavy atom. The fourth-order valence-electron chi connectivity index (χ4n) is 1.35. The highest BCUT2D eigenvalue weighted by atomic mass is 16.4. The van der Waals surface area contributed by atoms with Crippen LogP contribution in [0.2, 0.25) is 0 Å². The molecule has 0 aromatic carbocycles. The Morgan fingerprint density at radius 3 is 2.58 bits per heavy atom. The molecule has 0 aliphatic carbocycles. The Kier molecular flexibility index (Phi) is 5.44. The van der Waals surface area contributed by atoms with E-state index in [1.165, 1.54) is 18.3 Å². The second kappa shape index (κ2) is 6.84. The molecule has 0 atom stereocenters. The lowest BCUT2D eigenvalue weighted by Crippen LogP contribution is -2.36. The highest BCUT2D eigenvalue weighted by Gasteiger charge is 2.09. The lowest BCUT2D eigenvalue weighted by atomic mass is 10.2. The predicted octanol–water partition coefficient (Wildman–Crippen LogP) is 0.850. The molecule has 0 spiro atoms. The van der Waals surface area contributed by atoms with Gasteiger partial charge in [-0.15, -0.1) is 0 Å². The molecule has 104 valence electrons. The van der Waals surface area contributed by atoms with Gasteiger partial charge in [0.15, 0.2) is 0 Å². The Bertz CT molecular complexity index is 443. The van der Waals surface area contributed by atoms with Crippen molar-refractivity contribution in [2.75, 3.05) is 20.1 Å². The maximum absolute atomic E-state index is 11.7. The fourth-order valence-corrected chi connectivity index (χ4v) is 1.35. The van der Waals surface area contributed by atoms with E-state index in [1.807, 2.05) is 7.05 Å². The van der Waals surface area contributed by atoms with Gasteiger partial charge in [0.05, 0.1) is 5.56 Å². The number of amides is 1. The number of carbonyl (C=O) groups excluding carboxylic acids is 1. The van der Waals surface area contributed by atoms with Crippen molar-refractivity contribution in [1.82, 2.24) is 15.2 Å². The van der Waals surface area contributed by atoms with E-state index in [1.54, 1.807) is 0 Å². The third kappa shape index (κ3) is 4.67. The Morgan fingerprint density at radius 1 is 1.42 bits per heavy atom. The van der Waals surface area contributed by atoms with E-state index in [0.717, 1.165) is 6.54 Å². The van der Waals surface area contributed by atoms with Gasteiger partial charge in [0.25, 0.3) is 5.91 Å². The Labute approximate surface area is 112 Å². The number of hydrogen-bond donors (Lipinski definition) is 2. The van der Waals surface area contributed by atoms with E-state index in [-0.39, 0.29) is 17.2 Å². The van der Waals surface area contributed by atoms with Crippen LogP contribution in [0, 0.1) is 0 Å². The minimum absolute atomic E-state index is 0.0658. The molecule has 0 aliphatic heterocycles. The molecule has 1 heterocycles. The van der Waals surface area contributed by atoms with Crippen molar-refractivity contribution in [2.45, 2.75) is 19.9 Å². The average Bonchev–Trinajstić information content (AvgIpc) is 2.38. The lowest BCUT2D eigenvalue weighted by molar-refractivity contribution is 0.0695. The molecule has 0 fully saturated rings. The smallest absolute Gasteiger partial charge is 0.337 e. The summed E-state index contributed by atoms with van der Waals surface area (Å²) in [6.07, 6.45) is 1.18. The molecule has 19 heavy (non-hydrogen) atoms. The molecule has 6 nitrogen and oxygen atoms in total. The predicted molar refractivity (Wildman–Crippen MR) is 71.3 cm³/mol. The van der Waals surface area contributed by atoms with Gasteiger partial charge in [-0.1, -0.05) is 0 Å². The molecule has 2 N–H and O–H groups in total. The van der Waals surface area contributed by atoms with Crippen LogP contribution in [0.3, 0.4) is 0 Å². The van der Waals surface area contributed by atoms with Crippen molar-refractivity contribution in [3.05, 3.63) is 29.6 Å². The molecule has 0 saturated carbocycles. The number of aromatic carboxylic acids is 1. The number of hydrogen-bond acceptors (Lipinski definition) is 4. The SMILES string of the molecule is CC(C)N(C)CCNC(=O)c1ccc(C(=O)O)cn1. The van der Waals surface area contributed by atoms with Gasteiger partial charge in [-0.2, -0.15) is 0 Å². The number of aromatic nitrogens is 1. The summed E-state index contributed by atoms with van der Waals surface area (Å²) in [7, 11) is 1.98. The minimum Gasteiger partial charge on any atom is -0.478 e. The summed E-state index contributed by atoms with van der Waals surface area (Å²) < 4.78 is 0. The maximum atomic E-state index is 11.7. The summed E-state index contributed by atoms with van der Waals surface area (Å²) in [4.78, 5) is 28.3. The maximum Gasteiger partial charge on any atom is 0.337 e. The van der Waals surface area contributed by atoms with Crippen molar-refractivity contribution in [3.8, 4) is 0 Å². The monoisotopic (exact) mass is 265 g/mol. The summed E-state index contributed by atoms with van der Waals surface area (Å²) in [6.45, 7) is 5.43. The first kappa shape index (κ1) is 15.1. The van der Waals surface area contributed by atoms with Crippen molar-refractivity contribution in [3.63, 3.8) is 0 Å².